The minimum Gasteiger partial charge on any atom is -0.497 e. The van der Waals surface area contributed by atoms with E-state index in [1.165, 1.54) is 11.1 Å². The van der Waals surface area contributed by atoms with Crippen LogP contribution in [0.25, 0.3) is 17.2 Å². The van der Waals surface area contributed by atoms with E-state index < -0.39 is 0 Å². The summed E-state index contributed by atoms with van der Waals surface area (Å²) >= 11 is 0. The monoisotopic (exact) mass is 631 g/mol. The number of anilines is 2. The van der Waals surface area contributed by atoms with Crippen LogP contribution in [-0.4, -0.2) is 57.4 Å². The molecule has 4 aromatic rings. The molecule has 1 N–H and O–H groups in total. The first-order chi connectivity index (χ1) is 23.0. The van der Waals surface area contributed by atoms with E-state index >= 15 is 0 Å². The predicted octanol–water partition coefficient (Wildman–Crippen LogP) is 7.80. The Kier molecular flexibility index (Phi) is 10.6. The van der Waals surface area contributed by atoms with Gasteiger partial charge in [0.15, 0.2) is 0 Å². The number of hydrogen-bond acceptors (Lipinski definition) is 6. The van der Waals surface area contributed by atoms with Gasteiger partial charge in [-0.1, -0.05) is 48.5 Å². The Labute approximate surface area is 278 Å². The maximum absolute atomic E-state index is 13.8. The fourth-order valence-corrected chi connectivity index (χ4v) is 6.49. The summed E-state index contributed by atoms with van der Waals surface area (Å²) in [7, 11) is 3.86. The van der Waals surface area contributed by atoms with E-state index in [1.54, 1.807) is 7.11 Å². The van der Waals surface area contributed by atoms with Crippen LogP contribution in [0.3, 0.4) is 0 Å². The highest BCUT2D eigenvalue weighted by atomic mass is 16.5. The highest BCUT2D eigenvalue weighted by Gasteiger charge is 2.22. The first kappa shape index (κ1) is 32.4. The van der Waals surface area contributed by atoms with Gasteiger partial charge in [-0.3, -0.25) is 9.69 Å². The Morgan fingerprint density at radius 2 is 1.70 bits per heavy atom. The molecule has 1 saturated heterocycles. The van der Waals surface area contributed by atoms with Gasteiger partial charge in [0.25, 0.3) is 5.91 Å². The lowest BCUT2D eigenvalue weighted by molar-refractivity contribution is -0.112. The second-order valence-electron chi connectivity index (χ2n) is 12.3. The lowest BCUT2D eigenvalue weighted by Crippen LogP contribution is -2.36. The van der Waals surface area contributed by atoms with Gasteiger partial charge in [0.05, 0.1) is 13.7 Å². The summed E-state index contributed by atoms with van der Waals surface area (Å²) < 4.78 is 16.9. The summed E-state index contributed by atoms with van der Waals surface area (Å²) in [4.78, 5) is 18.5. The topological polar surface area (TPSA) is 63.3 Å². The number of carbonyl (C=O) groups excluding carboxylic acids is 1. The van der Waals surface area contributed by atoms with Crippen LogP contribution < -0.4 is 19.7 Å². The summed E-state index contributed by atoms with van der Waals surface area (Å²) in [5.74, 6) is 1.61. The van der Waals surface area contributed by atoms with Crippen LogP contribution in [0.5, 0.6) is 11.5 Å². The molecule has 7 heteroatoms. The van der Waals surface area contributed by atoms with Crippen molar-refractivity contribution in [2.45, 2.75) is 45.3 Å². The molecule has 0 bridgehead atoms. The maximum atomic E-state index is 13.8. The molecule has 0 saturated carbocycles. The highest BCUT2D eigenvalue weighted by Crippen LogP contribution is 2.36. The van der Waals surface area contributed by atoms with Crippen LogP contribution in [-0.2, 0) is 22.6 Å². The summed E-state index contributed by atoms with van der Waals surface area (Å²) in [6.07, 6.45) is 4.82. The number of ether oxygens (including phenoxy) is 3. The molecule has 2 aliphatic rings. The minimum absolute atomic E-state index is 0.0746. The maximum Gasteiger partial charge on any atom is 0.251 e. The zero-order chi connectivity index (χ0) is 32.6. The summed E-state index contributed by atoms with van der Waals surface area (Å²) in [5.41, 5.74) is 8.15. The number of nitrogens with one attached hydrogen (secondary N) is 1. The molecule has 244 valence electrons. The zero-order valence-electron chi connectivity index (χ0n) is 27.7. The number of fused-ring (bicyclic) bond motifs is 1. The molecule has 1 fully saturated rings. The second kappa shape index (κ2) is 15.3. The van der Waals surface area contributed by atoms with Crippen molar-refractivity contribution in [3.05, 3.63) is 113 Å². The molecule has 0 radical (unpaired) electrons. The Morgan fingerprint density at radius 1 is 0.957 bits per heavy atom. The Bertz CT molecular complexity index is 1680. The molecule has 2 aliphatic heterocycles. The zero-order valence-corrected chi connectivity index (χ0v) is 27.7. The van der Waals surface area contributed by atoms with Crippen molar-refractivity contribution < 1.29 is 19.0 Å². The largest absolute Gasteiger partial charge is 0.497 e. The Morgan fingerprint density at radius 3 is 2.45 bits per heavy atom. The van der Waals surface area contributed by atoms with Gasteiger partial charge in [-0.15, -0.1) is 0 Å². The molecule has 47 heavy (non-hydrogen) atoms. The van der Waals surface area contributed by atoms with Crippen LogP contribution in [0.2, 0.25) is 0 Å². The van der Waals surface area contributed by atoms with Gasteiger partial charge in [0.1, 0.15) is 11.5 Å². The fraction of sp³-hybridized carbons (Fsp3) is 0.325. The van der Waals surface area contributed by atoms with Gasteiger partial charge in [-0.25, -0.2) is 0 Å². The number of amides is 1. The summed E-state index contributed by atoms with van der Waals surface area (Å²) in [6.45, 7) is 6.57. The van der Waals surface area contributed by atoms with E-state index in [0.717, 1.165) is 84.3 Å². The number of rotatable bonds is 11. The Balaban J connectivity index is 1.23. The van der Waals surface area contributed by atoms with E-state index in [-0.39, 0.29) is 5.91 Å². The summed E-state index contributed by atoms with van der Waals surface area (Å²) in [5, 5.41) is 3.17. The molecule has 0 aromatic heterocycles. The molecule has 1 amide bonds. The average Bonchev–Trinajstić information content (AvgIpc) is 3.29. The fourth-order valence-electron chi connectivity index (χ4n) is 6.49. The van der Waals surface area contributed by atoms with Crippen LogP contribution in [0, 0.1) is 0 Å². The molecular weight excluding hydrogens is 586 g/mol. The van der Waals surface area contributed by atoms with Crippen molar-refractivity contribution in [3.63, 3.8) is 0 Å². The number of nitrogens with zero attached hydrogens (tertiary/aromatic N) is 2. The number of carbonyl (C=O) groups is 1. The SMILES string of the molecule is CCOc1ccccc1-c1ccc2c(c1)C=C(C(=O)Nc1ccc(CN(C)C3CCOCC3)cc1)CCN2Cc1ccc(OC)cc1. The highest BCUT2D eigenvalue weighted by molar-refractivity contribution is 6.07. The van der Waals surface area contributed by atoms with Crippen molar-refractivity contribution in [1.29, 1.82) is 0 Å². The third-order valence-corrected chi connectivity index (χ3v) is 9.13. The van der Waals surface area contributed by atoms with Crippen LogP contribution in [0.15, 0.2) is 96.6 Å². The van der Waals surface area contributed by atoms with Gasteiger partial charge in [0.2, 0.25) is 0 Å². The molecule has 0 spiro atoms. The van der Waals surface area contributed by atoms with Crippen molar-refractivity contribution in [2.24, 2.45) is 0 Å². The molecule has 0 atom stereocenters. The number of para-hydroxylation sites is 1. The van der Waals surface area contributed by atoms with Crippen LogP contribution >= 0.6 is 0 Å². The molecule has 2 heterocycles. The van der Waals surface area contributed by atoms with Crippen molar-refractivity contribution in [2.75, 3.05) is 50.7 Å². The van der Waals surface area contributed by atoms with E-state index in [4.69, 9.17) is 14.2 Å². The third kappa shape index (κ3) is 8.05. The van der Waals surface area contributed by atoms with Gasteiger partial charge in [-0.2, -0.15) is 0 Å². The van der Waals surface area contributed by atoms with Crippen molar-refractivity contribution >= 4 is 23.4 Å². The quantitative estimate of drug-likeness (QED) is 0.182. The van der Waals surface area contributed by atoms with Crippen LogP contribution in [0.1, 0.15) is 42.9 Å². The van der Waals surface area contributed by atoms with E-state index in [1.807, 2.05) is 49.4 Å². The number of benzene rings is 4. The number of methoxy groups -OCH3 is 1. The van der Waals surface area contributed by atoms with E-state index in [2.05, 4.69) is 76.8 Å². The van der Waals surface area contributed by atoms with E-state index in [0.29, 0.717) is 25.6 Å². The van der Waals surface area contributed by atoms with Gasteiger partial charge in [-0.05, 0) is 104 Å². The smallest absolute Gasteiger partial charge is 0.251 e. The predicted molar refractivity (Wildman–Crippen MR) is 190 cm³/mol. The van der Waals surface area contributed by atoms with Crippen molar-refractivity contribution in [3.8, 4) is 22.6 Å². The first-order valence-corrected chi connectivity index (χ1v) is 16.6. The van der Waals surface area contributed by atoms with Gasteiger partial charge in [0, 0.05) is 61.4 Å². The lowest BCUT2D eigenvalue weighted by Gasteiger charge is -2.31. The van der Waals surface area contributed by atoms with E-state index in [9.17, 15) is 4.79 Å². The summed E-state index contributed by atoms with van der Waals surface area (Å²) in [6, 6.07) is 31.6. The molecular formula is C40H45N3O4. The molecule has 0 unspecified atom stereocenters. The number of hydrogen-bond donors (Lipinski definition) is 1. The minimum atomic E-state index is -0.0746. The normalized spacial score (nSPS) is 15.1. The molecule has 6 rings (SSSR count). The second-order valence-corrected chi connectivity index (χ2v) is 12.3. The lowest BCUT2D eigenvalue weighted by atomic mass is 9.99. The standard InChI is InChI=1S/C40H45N3O4/c1-4-47-39-8-6-5-7-37(39)31-13-18-38-33(25-31)26-32(19-22-43(38)28-30-11-16-36(45-3)17-12-30)40(44)41-34-14-9-29(10-15-34)27-42(2)35-20-23-46-24-21-35/h5-18,25-26,35H,4,19-24,27-28H2,1-3H3,(H,41,44). The van der Waals surface area contributed by atoms with Crippen molar-refractivity contribution in [1.82, 2.24) is 4.90 Å². The van der Waals surface area contributed by atoms with Gasteiger partial charge < -0.3 is 24.4 Å². The molecule has 0 aliphatic carbocycles. The molecule has 4 aromatic carbocycles. The van der Waals surface area contributed by atoms with Crippen LogP contribution in [0.4, 0.5) is 11.4 Å². The molecule has 7 nitrogen and oxygen atoms in total. The third-order valence-electron chi connectivity index (χ3n) is 9.13. The van der Waals surface area contributed by atoms with Gasteiger partial charge >= 0.3 is 0 Å². The Hall–Kier alpha value is -4.59. The average molecular weight is 632 g/mol. The first-order valence-electron chi connectivity index (χ1n) is 16.6.